The van der Waals surface area contributed by atoms with Gasteiger partial charge in [0.15, 0.2) is 0 Å². The number of carbonyl (C=O) groups is 1. The normalized spacial score (nSPS) is 20.8. The minimum Gasteiger partial charge on any atom is -0.444 e. The molecule has 0 radical (unpaired) electrons. The lowest BCUT2D eigenvalue weighted by Crippen LogP contribution is -2.42. The molecular weight excluding hydrogens is 214 g/mol. The summed E-state index contributed by atoms with van der Waals surface area (Å²) in [5.74, 6) is 3.20. The molecule has 0 aliphatic carbocycles. The van der Waals surface area contributed by atoms with E-state index in [-0.39, 0.29) is 6.09 Å². The molecule has 0 bridgehead atoms. The van der Waals surface area contributed by atoms with Gasteiger partial charge in [-0.05, 0) is 46.0 Å². The molecule has 1 saturated heterocycles. The van der Waals surface area contributed by atoms with E-state index in [4.69, 9.17) is 11.2 Å². The standard InChI is InChI=1S/C14H23NO2/c1-5-6-8-12-9-7-10-15(11-12)13(16)17-14(2,3)4/h1,12H,6-11H2,2-4H3. The molecular formula is C14H23NO2. The molecule has 0 spiro atoms. The van der Waals surface area contributed by atoms with Crippen LogP contribution in [0.3, 0.4) is 0 Å². The van der Waals surface area contributed by atoms with Gasteiger partial charge >= 0.3 is 6.09 Å². The van der Waals surface area contributed by atoms with E-state index in [1.54, 1.807) is 0 Å². The Morgan fingerprint density at radius 1 is 1.53 bits per heavy atom. The van der Waals surface area contributed by atoms with Gasteiger partial charge in [0.2, 0.25) is 0 Å². The second-order valence-electron chi connectivity index (χ2n) is 5.68. The first-order valence-corrected chi connectivity index (χ1v) is 6.34. The summed E-state index contributed by atoms with van der Waals surface area (Å²) in [7, 11) is 0. The number of piperidine rings is 1. The van der Waals surface area contributed by atoms with Crippen LogP contribution in [0, 0.1) is 18.3 Å². The first-order valence-electron chi connectivity index (χ1n) is 6.34. The first kappa shape index (κ1) is 13.9. The number of rotatable bonds is 2. The van der Waals surface area contributed by atoms with Crippen molar-refractivity contribution in [2.24, 2.45) is 5.92 Å². The van der Waals surface area contributed by atoms with Crippen LogP contribution in [0.5, 0.6) is 0 Å². The quantitative estimate of drug-likeness (QED) is 0.691. The summed E-state index contributed by atoms with van der Waals surface area (Å²) in [5, 5.41) is 0. The monoisotopic (exact) mass is 237 g/mol. The molecule has 1 heterocycles. The van der Waals surface area contributed by atoms with Crippen LogP contribution in [0.4, 0.5) is 4.79 Å². The molecule has 17 heavy (non-hydrogen) atoms. The van der Waals surface area contributed by atoms with Gasteiger partial charge in [0.1, 0.15) is 5.60 Å². The molecule has 0 saturated carbocycles. The van der Waals surface area contributed by atoms with Crippen molar-refractivity contribution in [3.05, 3.63) is 0 Å². The van der Waals surface area contributed by atoms with Crippen molar-refractivity contribution in [1.29, 1.82) is 0 Å². The van der Waals surface area contributed by atoms with Gasteiger partial charge in [-0.3, -0.25) is 0 Å². The van der Waals surface area contributed by atoms with Crippen LogP contribution in [0.1, 0.15) is 46.5 Å². The summed E-state index contributed by atoms with van der Waals surface area (Å²) in [6, 6.07) is 0. The molecule has 3 nitrogen and oxygen atoms in total. The molecule has 1 fully saturated rings. The number of nitrogens with zero attached hydrogens (tertiary/aromatic N) is 1. The maximum Gasteiger partial charge on any atom is 0.410 e. The molecule has 0 aromatic rings. The summed E-state index contributed by atoms with van der Waals surface area (Å²) in [5.41, 5.74) is -0.414. The van der Waals surface area contributed by atoms with Crippen molar-refractivity contribution in [2.75, 3.05) is 13.1 Å². The van der Waals surface area contributed by atoms with Crippen LogP contribution in [0.25, 0.3) is 0 Å². The number of likely N-dealkylation sites (tertiary alicyclic amines) is 1. The van der Waals surface area contributed by atoms with Crippen molar-refractivity contribution in [3.8, 4) is 12.3 Å². The van der Waals surface area contributed by atoms with Crippen molar-refractivity contribution in [1.82, 2.24) is 4.90 Å². The van der Waals surface area contributed by atoms with Crippen LogP contribution in [-0.4, -0.2) is 29.7 Å². The molecule has 96 valence electrons. The summed E-state index contributed by atoms with van der Waals surface area (Å²) in [6.07, 6.45) is 9.10. The fraction of sp³-hybridized carbons (Fsp3) is 0.786. The van der Waals surface area contributed by atoms with Gasteiger partial charge in [-0.2, -0.15) is 0 Å². The largest absolute Gasteiger partial charge is 0.444 e. The highest BCUT2D eigenvalue weighted by Crippen LogP contribution is 2.22. The van der Waals surface area contributed by atoms with Gasteiger partial charge in [0, 0.05) is 19.5 Å². The molecule has 1 aliphatic heterocycles. The van der Waals surface area contributed by atoms with Gasteiger partial charge in [0.25, 0.3) is 0 Å². The number of hydrogen-bond acceptors (Lipinski definition) is 2. The highest BCUT2D eigenvalue weighted by atomic mass is 16.6. The number of terminal acetylenes is 1. The first-order chi connectivity index (χ1) is 7.92. The smallest absolute Gasteiger partial charge is 0.410 e. The van der Waals surface area contributed by atoms with Crippen molar-refractivity contribution >= 4 is 6.09 Å². The minimum absolute atomic E-state index is 0.192. The molecule has 0 aromatic carbocycles. The number of amides is 1. The van der Waals surface area contributed by atoms with E-state index in [1.165, 1.54) is 6.42 Å². The zero-order valence-corrected chi connectivity index (χ0v) is 11.2. The maximum atomic E-state index is 11.9. The third-order valence-corrected chi connectivity index (χ3v) is 2.87. The summed E-state index contributed by atoms with van der Waals surface area (Å²) in [4.78, 5) is 13.7. The van der Waals surface area contributed by atoms with E-state index in [0.29, 0.717) is 5.92 Å². The topological polar surface area (TPSA) is 29.5 Å². The predicted molar refractivity (Wildman–Crippen MR) is 68.6 cm³/mol. The van der Waals surface area contributed by atoms with Crippen molar-refractivity contribution in [2.45, 2.75) is 52.1 Å². The molecule has 1 unspecified atom stereocenters. The Balaban J connectivity index is 2.43. The third kappa shape index (κ3) is 5.12. The second-order valence-corrected chi connectivity index (χ2v) is 5.68. The second kappa shape index (κ2) is 5.95. The van der Waals surface area contributed by atoms with Gasteiger partial charge in [-0.15, -0.1) is 12.3 Å². The van der Waals surface area contributed by atoms with E-state index in [0.717, 1.165) is 32.4 Å². The van der Waals surface area contributed by atoms with E-state index in [2.05, 4.69) is 5.92 Å². The fourth-order valence-electron chi connectivity index (χ4n) is 2.08. The Hall–Kier alpha value is -1.17. The van der Waals surface area contributed by atoms with Crippen LogP contribution in [0.15, 0.2) is 0 Å². The van der Waals surface area contributed by atoms with Gasteiger partial charge in [-0.25, -0.2) is 4.79 Å². The van der Waals surface area contributed by atoms with Crippen LogP contribution >= 0.6 is 0 Å². The lowest BCUT2D eigenvalue weighted by Gasteiger charge is -2.34. The zero-order chi connectivity index (χ0) is 12.9. The Bertz CT molecular complexity index is 298. The van der Waals surface area contributed by atoms with Crippen molar-refractivity contribution < 1.29 is 9.53 Å². The molecule has 1 amide bonds. The van der Waals surface area contributed by atoms with Crippen LogP contribution < -0.4 is 0 Å². The highest BCUT2D eigenvalue weighted by molar-refractivity contribution is 5.68. The van der Waals surface area contributed by atoms with Crippen molar-refractivity contribution in [3.63, 3.8) is 0 Å². The number of ether oxygens (including phenoxy) is 1. The van der Waals surface area contributed by atoms with Gasteiger partial charge < -0.3 is 9.64 Å². The number of hydrogen-bond donors (Lipinski definition) is 0. The van der Waals surface area contributed by atoms with E-state index >= 15 is 0 Å². The highest BCUT2D eigenvalue weighted by Gasteiger charge is 2.27. The van der Waals surface area contributed by atoms with Crippen LogP contribution in [-0.2, 0) is 4.74 Å². The Morgan fingerprint density at radius 2 is 2.24 bits per heavy atom. The summed E-state index contributed by atoms with van der Waals surface area (Å²) in [6.45, 7) is 7.28. The maximum absolute atomic E-state index is 11.9. The minimum atomic E-state index is -0.414. The lowest BCUT2D eigenvalue weighted by atomic mass is 9.94. The predicted octanol–water partition coefficient (Wildman–Crippen LogP) is 3.05. The molecule has 1 aliphatic rings. The Kier molecular flexibility index (Phi) is 4.86. The lowest BCUT2D eigenvalue weighted by molar-refractivity contribution is 0.0162. The van der Waals surface area contributed by atoms with E-state index in [9.17, 15) is 4.79 Å². The molecule has 3 heteroatoms. The SMILES string of the molecule is C#CCCC1CCCN(C(=O)OC(C)(C)C)C1. The fourth-order valence-corrected chi connectivity index (χ4v) is 2.08. The number of carbonyl (C=O) groups excluding carboxylic acids is 1. The zero-order valence-electron chi connectivity index (χ0n) is 11.2. The average molecular weight is 237 g/mol. The molecule has 0 N–H and O–H groups in total. The van der Waals surface area contributed by atoms with Gasteiger partial charge in [-0.1, -0.05) is 0 Å². The molecule has 1 rings (SSSR count). The Morgan fingerprint density at radius 3 is 2.82 bits per heavy atom. The van der Waals surface area contributed by atoms with Gasteiger partial charge in [0.05, 0.1) is 0 Å². The van der Waals surface area contributed by atoms with E-state index in [1.807, 2.05) is 25.7 Å². The Labute approximate surface area is 105 Å². The molecule has 1 atom stereocenters. The van der Waals surface area contributed by atoms with Crippen LogP contribution in [0.2, 0.25) is 0 Å². The van der Waals surface area contributed by atoms with E-state index < -0.39 is 5.60 Å². The average Bonchev–Trinajstić information content (AvgIpc) is 2.24. The summed E-state index contributed by atoms with van der Waals surface area (Å²) < 4.78 is 5.38. The third-order valence-electron chi connectivity index (χ3n) is 2.87. The summed E-state index contributed by atoms with van der Waals surface area (Å²) >= 11 is 0. The molecule has 0 aromatic heterocycles.